The zero-order valence-corrected chi connectivity index (χ0v) is 16.5. The Morgan fingerprint density at radius 1 is 1.04 bits per heavy atom. The van der Waals surface area contributed by atoms with Gasteiger partial charge < -0.3 is 10.4 Å². The average molecular weight is 354 g/mol. The average Bonchev–Trinajstić information content (AvgIpc) is 2.61. The highest BCUT2D eigenvalue weighted by Crippen LogP contribution is 2.31. The van der Waals surface area contributed by atoms with Crippen LogP contribution in [0, 0.1) is 0 Å². The molecule has 140 valence electrons. The Hall–Kier alpha value is -2.33. The number of nitrogens with one attached hydrogen (secondary N) is 1. The number of anilines is 1. The summed E-state index contributed by atoms with van der Waals surface area (Å²) in [5.41, 5.74) is 3.20. The summed E-state index contributed by atoms with van der Waals surface area (Å²) < 4.78 is 0. The van der Waals surface area contributed by atoms with Crippen LogP contribution in [0.3, 0.4) is 0 Å². The van der Waals surface area contributed by atoms with Crippen LogP contribution in [0.15, 0.2) is 42.5 Å². The van der Waals surface area contributed by atoms with Crippen LogP contribution in [-0.2, 0) is 12.0 Å². The van der Waals surface area contributed by atoms with Crippen LogP contribution in [0.25, 0.3) is 0 Å². The molecule has 0 bridgehead atoms. The number of phenolic OH excluding ortho intramolecular Hbond substituents is 1. The fourth-order valence-electron chi connectivity index (χ4n) is 2.76. The quantitative estimate of drug-likeness (QED) is 0.734. The van der Waals surface area contributed by atoms with Crippen molar-refractivity contribution in [2.24, 2.45) is 0 Å². The zero-order valence-electron chi connectivity index (χ0n) is 16.5. The van der Waals surface area contributed by atoms with Gasteiger partial charge in [0, 0.05) is 12.1 Å². The summed E-state index contributed by atoms with van der Waals surface area (Å²) in [5.74, 6) is -0.148. The number of hydrogen-bond acceptors (Lipinski definition) is 3. The summed E-state index contributed by atoms with van der Waals surface area (Å²) in [5, 5.41) is 12.9. The molecule has 2 aromatic carbocycles. The Labute approximate surface area is 156 Å². The first-order valence-electron chi connectivity index (χ1n) is 9.20. The summed E-state index contributed by atoms with van der Waals surface area (Å²) in [6.07, 6.45) is 0. The molecule has 0 saturated heterocycles. The Morgan fingerprint density at radius 3 is 2.19 bits per heavy atom. The van der Waals surface area contributed by atoms with Crippen LogP contribution in [0.2, 0.25) is 0 Å². The largest absolute Gasteiger partial charge is 0.506 e. The topological polar surface area (TPSA) is 52.6 Å². The number of phenols is 1. The van der Waals surface area contributed by atoms with Crippen molar-refractivity contribution in [1.82, 2.24) is 4.90 Å². The Morgan fingerprint density at radius 2 is 1.65 bits per heavy atom. The van der Waals surface area contributed by atoms with Crippen LogP contribution in [0.4, 0.5) is 5.69 Å². The Kier molecular flexibility index (Phi) is 6.43. The van der Waals surface area contributed by atoms with E-state index in [0.717, 1.165) is 25.2 Å². The molecule has 0 aliphatic rings. The molecule has 4 heteroatoms. The molecule has 0 saturated carbocycles. The van der Waals surface area contributed by atoms with Crippen molar-refractivity contribution in [3.63, 3.8) is 0 Å². The van der Waals surface area contributed by atoms with Crippen molar-refractivity contribution in [2.45, 2.75) is 46.6 Å². The SMILES string of the molecule is CCN(CC)Cc1ccc(C(=O)Nc2cc(C(C)(C)C)ccc2O)cc1. The molecule has 2 rings (SSSR count). The molecule has 0 aromatic heterocycles. The highest BCUT2D eigenvalue weighted by molar-refractivity contribution is 6.05. The number of aromatic hydroxyl groups is 1. The van der Waals surface area contributed by atoms with Gasteiger partial charge in [-0.05, 0) is 53.9 Å². The van der Waals surface area contributed by atoms with Gasteiger partial charge in [-0.25, -0.2) is 0 Å². The van der Waals surface area contributed by atoms with Crippen LogP contribution in [0.5, 0.6) is 5.75 Å². The lowest BCUT2D eigenvalue weighted by atomic mass is 9.87. The molecule has 0 radical (unpaired) electrons. The molecule has 0 aliphatic heterocycles. The summed E-state index contributed by atoms with van der Waals surface area (Å²) in [4.78, 5) is 14.9. The minimum absolute atomic E-state index is 0.0563. The molecule has 0 atom stereocenters. The van der Waals surface area contributed by atoms with Gasteiger partial charge in [-0.2, -0.15) is 0 Å². The lowest BCUT2D eigenvalue weighted by Crippen LogP contribution is -2.22. The highest BCUT2D eigenvalue weighted by atomic mass is 16.3. The number of rotatable bonds is 6. The van der Waals surface area contributed by atoms with Crippen LogP contribution < -0.4 is 5.32 Å². The van der Waals surface area contributed by atoms with E-state index in [9.17, 15) is 9.90 Å². The summed E-state index contributed by atoms with van der Waals surface area (Å²) in [6.45, 7) is 13.5. The van der Waals surface area contributed by atoms with E-state index >= 15 is 0 Å². The van der Waals surface area contributed by atoms with E-state index in [-0.39, 0.29) is 17.1 Å². The maximum absolute atomic E-state index is 12.5. The van der Waals surface area contributed by atoms with E-state index in [1.807, 2.05) is 36.4 Å². The van der Waals surface area contributed by atoms with Gasteiger partial charge in [-0.1, -0.05) is 52.8 Å². The molecule has 0 aliphatic carbocycles. The van der Waals surface area contributed by atoms with Crippen molar-refractivity contribution >= 4 is 11.6 Å². The monoisotopic (exact) mass is 354 g/mol. The van der Waals surface area contributed by atoms with E-state index < -0.39 is 0 Å². The summed E-state index contributed by atoms with van der Waals surface area (Å²) in [7, 11) is 0. The Balaban J connectivity index is 2.13. The van der Waals surface area contributed by atoms with Gasteiger partial charge in [-0.15, -0.1) is 0 Å². The zero-order chi connectivity index (χ0) is 19.3. The van der Waals surface area contributed by atoms with Crippen LogP contribution in [0.1, 0.15) is 56.1 Å². The number of carbonyl (C=O) groups is 1. The van der Waals surface area contributed by atoms with Gasteiger partial charge in [0.05, 0.1) is 5.69 Å². The number of carbonyl (C=O) groups excluding carboxylic acids is 1. The standard InChI is InChI=1S/C22H30N2O2/c1-6-24(7-2)15-16-8-10-17(11-9-16)21(26)23-19-14-18(22(3,4)5)12-13-20(19)25/h8-14,25H,6-7,15H2,1-5H3,(H,23,26). The van der Waals surface area contributed by atoms with Crippen molar-refractivity contribution < 1.29 is 9.90 Å². The lowest BCUT2D eigenvalue weighted by molar-refractivity contribution is 0.102. The highest BCUT2D eigenvalue weighted by Gasteiger charge is 2.17. The van der Waals surface area contributed by atoms with Gasteiger partial charge in [0.1, 0.15) is 5.75 Å². The molecular weight excluding hydrogens is 324 g/mol. The third kappa shape index (κ3) is 5.09. The fourth-order valence-corrected chi connectivity index (χ4v) is 2.76. The number of benzene rings is 2. The van der Waals surface area contributed by atoms with E-state index in [1.54, 1.807) is 6.07 Å². The number of nitrogens with zero attached hydrogens (tertiary/aromatic N) is 1. The molecule has 0 unspecified atom stereocenters. The van der Waals surface area contributed by atoms with Gasteiger partial charge in [0.25, 0.3) is 5.91 Å². The molecule has 0 heterocycles. The maximum Gasteiger partial charge on any atom is 0.255 e. The number of amides is 1. The normalized spacial score (nSPS) is 11.6. The first kappa shape index (κ1) is 20.0. The minimum atomic E-state index is -0.222. The Bertz CT molecular complexity index is 742. The van der Waals surface area contributed by atoms with Gasteiger partial charge in [0.2, 0.25) is 0 Å². The first-order valence-corrected chi connectivity index (χ1v) is 9.20. The molecule has 1 amide bonds. The second-order valence-corrected chi connectivity index (χ2v) is 7.59. The second-order valence-electron chi connectivity index (χ2n) is 7.59. The summed E-state index contributed by atoms with van der Waals surface area (Å²) >= 11 is 0. The fraction of sp³-hybridized carbons (Fsp3) is 0.409. The number of hydrogen-bond donors (Lipinski definition) is 2. The smallest absolute Gasteiger partial charge is 0.255 e. The predicted octanol–water partition coefficient (Wildman–Crippen LogP) is 4.78. The minimum Gasteiger partial charge on any atom is -0.506 e. The first-order chi connectivity index (χ1) is 12.2. The molecule has 26 heavy (non-hydrogen) atoms. The molecular formula is C22H30N2O2. The van der Waals surface area contributed by atoms with Gasteiger partial charge in [0.15, 0.2) is 0 Å². The second kappa shape index (κ2) is 8.37. The van der Waals surface area contributed by atoms with Crippen molar-refractivity contribution in [3.05, 3.63) is 59.2 Å². The van der Waals surface area contributed by atoms with Gasteiger partial charge >= 0.3 is 0 Å². The van der Waals surface area contributed by atoms with Crippen LogP contribution >= 0.6 is 0 Å². The predicted molar refractivity (Wildman–Crippen MR) is 108 cm³/mol. The maximum atomic E-state index is 12.5. The molecule has 4 nitrogen and oxygen atoms in total. The third-order valence-corrected chi connectivity index (χ3v) is 4.63. The lowest BCUT2D eigenvalue weighted by Gasteiger charge is -2.20. The van der Waals surface area contributed by atoms with E-state index in [2.05, 4.69) is 44.8 Å². The summed E-state index contributed by atoms with van der Waals surface area (Å²) in [6, 6.07) is 13.0. The van der Waals surface area contributed by atoms with Crippen molar-refractivity contribution in [2.75, 3.05) is 18.4 Å². The van der Waals surface area contributed by atoms with Crippen LogP contribution in [-0.4, -0.2) is 29.0 Å². The third-order valence-electron chi connectivity index (χ3n) is 4.63. The van der Waals surface area contributed by atoms with Crippen molar-refractivity contribution in [1.29, 1.82) is 0 Å². The van der Waals surface area contributed by atoms with E-state index in [4.69, 9.17) is 0 Å². The molecule has 2 N–H and O–H groups in total. The molecule has 0 fully saturated rings. The molecule has 0 spiro atoms. The van der Waals surface area contributed by atoms with Gasteiger partial charge in [-0.3, -0.25) is 9.69 Å². The molecule has 2 aromatic rings. The van der Waals surface area contributed by atoms with E-state index in [1.165, 1.54) is 5.56 Å². The van der Waals surface area contributed by atoms with E-state index in [0.29, 0.717) is 11.3 Å². The van der Waals surface area contributed by atoms with Crippen molar-refractivity contribution in [3.8, 4) is 5.75 Å².